The Morgan fingerprint density at radius 1 is 1.18 bits per heavy atom. The largest absolute Gasteiger partial charge is 0.493 e. The number of nitrogens with zero attached hydrogens (tertiary/aromatic N) is 1. The third-order valence-corrected chi connectivity index (χ3v) is 6.04. The number of carbonyl (C=O) groups excluding carboxylic acids is 1. The van der Waals surface area contributed by atoms with E-state index in [1.807, 2.05) is 37.3 Å². The van der Waals surface area contributed by atoms with Crippen LogP contribution in [0.15, 0.2) is 64.6 Å². The molecule has 0 atom stereocenters. The Balaban J connectivity index is 1.83. The molecule has 0 bridgehead atoms. The van der Waals surface area contributed by atoms with Crippen molar-refractivity contribution in [2.24, 2.45) is 0 Å². The Bertz CT molecular complexity index is 1250. The molecule has 0 saturated carbocycles. The van der Waals surface area contributed by atoms with Crippen LogP contribution in [0.2, 0.25) is 10.0 Å². The van der Waals surface area contributed by atoms with Crippen LogP contribution in [0.5, 0.6) is 11.5 Å². The normalized spacial score (nSPS) is 11.0. The zero-order chi connectivity index (χ0) is 24.0. The first-order valence-corrected chi connectivity index (χ1v) is 11.3. The number of nitriles is 1. The zero-order valence-electron chi connectivity index (χ0n) is 17.8. The fourth-order valence-electron chi connectivity index (χ4n) is 2.91. The van der Waals surface area contributed by atoms with E-state index < -0.39 is 5.91 Å². The van der Waals surface area contributed by atoms with Gasteiger partial charge in [0.15, 0.2) is 11.5 Å². The number of ether oxygens (including phenoxy) is 2. The van der Waals surface area contributed by atoms with Gasteiger partial charge in [-0.05, 0) is 64.3 Å². The molecule has 1 amide bonds. The van der Waals surface area contributed by atoms with E-state index >= 15 is 0 Å². The summed E-state index contributed by atoms with van der Waals surface area (Å²) in [5.41, 5.74) is 2.96. The van der Waals surface area contributed by atoms with E-state index in [1.54, 1.807) is 30.3 Å². The monoisotopic (exact) mass is 544 g/mol. The topological polar surface area (TPSA) is 71.3 Å². The summed E-state index contributed by atoms with van der Waals surface area (Å²) in [5.74, 6) is 0.360. The standard InChI is InChI=1S/C25H19BrCl2N2O3/c1-15-6-8-16(9-7-15)14-33-24-19(26)11-17(12-22(24)32-2)10-18(13-29)25(31)30-21-5-3-4-20(27)23(21)28/h3-12H,14H2,1-2H3,(H,30,31)/b18-10-. The summed E-state index contributed by atoms with van der Waals surface area (Å²) in [6.45, 7) is 2.38. The third kappa shape index (κ3) is 6.29. The lowest BCUT2D eigenvalue weighted by Gasteiger charge is -2.14. The van der Waals surface area contributed by atoms with E-state index in [1.165, 1.54) is 18.7 Å². The number of rotatable bonds is 7. The number of methoxy groups -OCH3 is 1. The van der Waals surface area contributed by atoms with Gasteiger partial charge in [0.05, 0.1) is 27.3 Å². The van der Waals surface area contributed by atoms with Crippen molar-refractivity contribution >= 4 is 56.8 Å². The van der Waals surface area contributed by atoms with Crippen LogP contribution in [0, 0.1) is 18.3 Å². The van der Waals surface area contributed by atoms with Gasteiger partial charge in [0, 0.05) is 0 Å². The predicted octanol–water partition coefficient (Wildman–Crippen LogP) is 7.20. The van der Waals surface area contributed by atoms with Gasteiger partial charge in [0.2, 0.25) is 0 Å². The minimum absolute atomic E-state index is 0.117. The van der Waals surface area contributed by atoms with E-state index in [4.69, 9.17) is 32.7 Å². The quantitative estimate of drug-likeness (QED) is 0.252. The van der Waals surface area contributed by atoms with E-state index in [0.29, 0.717) is 38.9 Å². The summed E-state index contributed by atoms with van der Waals surface area (Å²) in [6.07, 6.45) is 1.45. The first kappa shape index (κ1) is 24.7. The molecule has 33 heavy (non-hydrogen) atoms. The van der Waals surface area contributed by atoms with Crippen molar-refractivity contribution in [3.8, 4) is 17.6 Å². The van der Waals surface area contributed by atoms with Gasteiger partial charge in [-0.25, -0.2) is 0 Å². The maximum Gasteiger partial charge on any atom is 0.266 e. The van der Waals surface area contributed by atoms with Crippen molar-refractivity contribution in [2.75, 3.05) is 12.4 Å². The number of aryl methyl sites for hydroxylation is 1. The second-order valence-electron chi connectivity index (χ2n) is 7.03. The van der Waals surface area contributed by atoms with E-state index in [9.17, 15) is 10.1 Å². The molecule has 0 aromatic heterocycles. The Morgan fingerprint density at radius 2 is 1.91 bits per heavy atom. The lowest BCUT2D eigenvalue weighted by atomic mass is 10.1. The highest BCUT2D eigenvalue weighted by atomic mass is 79.9. The minimum Gasteiger partial charge on any atom is -0.493 e. The lowest BCUT2D eigenvalue weighted by Crippen LogP contribution is -2.13. The Kier molecular flexibility index (Phi) is 8.40. The first-order valence-electron chi connectivity index (χ1n) is 9.75. The third-order valence-electron chi connectivity index (χ3n) is 4.63. The van der Waals surface area contributed by atoms with Crippen LogP contribution in [-0.4, -0.2) is 13.0 Å². The van der Waals surface area contributed by atoms with Gasteiger partial charge >= 0.3 is 0 Å². The molecule has 3 rings (SSSR count). The SMILES string of the molecule is COc1cc(/C=C(/C#N)C(=O)Nc2cccc(Cl)c2Cl)cc(Br)c1OCc1ccc(C)cc1. The molecule has 0 saturated heterocycles. The molecule has 0 aliphatic rings. The Labute approximate surface area is 210 Å². The number of benzene rings is 3. The van der Waals surface area contributed by atoms with Crippen molar-refractivity contribution in [2.45, 2.75) is 13.5 Å². The number of hydrogen-bond acceptors (Lipinski definition) is 4. The molecule has 0 radical (unpaired) electrons. The van der Waals surface area contributed by atoms with Gasteiger partial charge in [-0.1, -0.05) is 59.1 Å². The number of amides is 1. The van der Waals surface area contributed by atoms with E-state index in [-0.39, 0.29) is 10.6 Å². The fourth-order valence-corrected chi connectivity index (χ4v) is 3.83. The van der Waals surface area contributed by atoms with Crippen molar-refractivity contribution in [1.82, 2.24) is 0 Å². The van der Waals surface area contributed by atoms with Crippen LogP contribution in [0.3, 0.4) is 0 Å². The maximum absolute atomic E-state index is 12.6. The molecular weight excluding hydrogens is 527 g/mol. The van der Waals surface area contributed by atoms with Gasteiger partial charge in [-0.2, -0.15) is 5.26 Å². The van der Waals surface area contributed by atoms with Gasteiger partial charge in [-0.3, -0.25) is 4.79 Å². The Hall–Kier alpha value is -2.98. The minimum atomic E-state index is -0.614. The highest BCUT2D eigenvalue weighted by molar-refractivity contribution is 9.10. The van der Waals surface area contributed by atoms with Crippen molar-refractivity contribution in [3.63, 3.8) is 0 Å². The van der Waals surface area contributed by atoms with Gasteiger partial charge < -0.3 is 14.8 Å². The summed E-state index contributed by atoms with van der Waals surface area (Å²) in [5, 5.41) is 12.6. The van der Waals surface area contributed by atoms with Gasteiger partial charge in [-0.15, -0.1) is 0 Å². The molecule has 168 valence electrons. The molecule has 0 aliphatic carbocycles. The molecule has 0 spiro atoms. The van der Waals surface area contributed by atoms with Crippen molar-refractivity contribution in [1.29, 1.82) is 5.26 Å². The summed E-state index contributed by atoms with van der Waals surface area (Å²) < 4.78 is 12.1. The summed E-state index contributed by atoms with van der Waals surface area (Å²) in [6, 6.07) is 18.2. The molecule has 0 fully saturated rings. The Morgan fingerprint density at radius 3 is 2.58 bits per heavy atom. The van der Waals surface area contributed by atoms with Crippen LogP contribution >= 0.6 is 39.1 Å². The molecule has 0 heterocycles. The number of halogens is 3. The first-order chi connectivity index (χ1) is 15.8. The predicted molar refractivity (Wildman–Crippen MR) is 135 cm³/mol. The van der Waals surface area contributed by atoms with Gasteiger partial charge in [0.25, 0.3) is 5.91 Å². The zero-order valence-corrected chi connectivity index (χ0v) is 20.9. The van der Waals surface area contributed by atoms with Crippen LogP contribution in [0.25, 0.3) is 6.08 Å². The molecule has 8 heteroatoms. The smallest absolute Gasteiger partial charge is 0.266 e. The van der Waals surface area contributed by atoms with Crippen LogP contribution in [0.4, 0.5) is 5.69 Å². The maximum atomic E-state index is 12.6. The van der Waals surface area contributed by atoms with Crippen molar-refractivity contribution < 1.29 is 14.3 Å². The number of hydrogen-bond donors (Lipinski definition) is 1. The molecular formula is C25H19BrCl2N2O3. The fraction of sp³-hybridized carbons (Fsp3) is 0.120. The van der Waals surface area contributed by atoms with E-state index in [2.05, 4.69) is 21.2 Å². The second-order valence-corrected chi connectivity index (χ2v) is 8.67. The average Bonchev–Trinajstić information content (AvgIpc) is 2.80. The summed E-state index contributed by atoms with van der Waals surface area (Å²) in [7, 11) is 1.52. The molecule has 3 aromatic carbocycles. The molecule has 3 aromatic rings. The number of carbonyl (C=O) groups is 1. The molecule has 0 aliphatic heterocycles. The summed E-state index contributed by atoms with van der Waals surface area (Å²) >= 11 is 15.6. The highest BCUT2D eigenvalue weighted by Crippen LogP contribution is 2.38. The van der Waals surface area contributed by atoms with Crippen molar-refractivity contribution in [3.05, 3.63) is 91.4 Å². The number of nitrogens with one attached hydrogen (secondary N) is 1. The molecule has 0 unspecified atom stereocenters. The average molecular weight is 546 g/mol. The van der Waals surface area contributed by atoms with E-state index in [0.717, 1.165) is 5.56 Å². The second kappa shape index (κ2) is 11.2. The number of anilines is 1. The van der Waals surface area contributed by atoms with Crippen LogP contribution in [-0.2, 0) is 11.4 Å². The van der Waals surface area contributed by atoms with Gasteiger partial charge in [0.1, 0.15) is 18.2 Å². The van der Waals surface area contributed by atoms with Crippen LogP contribution < -0.4 is 14.8 Å². The molecule has 5 nitrogen and oxygen atoms in total. The van der Waals surface area contributed by atoms with Crippen LogP contribution in [0.1, 0.15) is 16.7 Å². The highest BCUT2D eigenvalue weighted by Gasteiger charge is 2.15. The summed E-state index contributed by atoms with van der Waals surface area (Å²) in [4.78, 5) is 12.6. The molecule has 1 N–H and O–H groups in total. The lowest BCUT2D eigenvalue weighted by molar-refractivity contribution is -0.112.